The van der Waals surface area contributed by atoms with Crippen molar-refractivity contribution in [1.29, 1.82) is 0 Å². The van der Waals surface area contributed by atoms with Crippen molar-refractivity contribution in [3.63, 3.8) is 0 Å². The Morgan fingerprint density at radius 3 is 2.85 bits per heavy atom. The van der Waals surface area contributed by atoms with Crippen LogP contribution in [0.1, 0.15) is 41.7 Å². The summed E-state index contributed by atoms with van der Waals surface area (Å²) in [6.07, 6.45) is 4.59. The number of thiazole rings is 1. The summed E-state index contributed by atoms with van der Waals surface area (Å²) in [5.74, 6) is 0.755. The minimum atomic E-state index is -0.258. The molecule has 0 spiro atoms. The Kier molecular flexibility index (Phi) is 5.80. The monoisotopic (exact) mass is 407 g/mol. The molecular formula is C19H22ClN3O3S. The Hall–Kier alpha value is -1.83. The molecule has 0 radical (unpaired) electrons. The summed E-state index contributed by atoms with van der Waals surface area (Å²) in [5, 5.41) is 5.84. The van der Waals surface area contributed by atoms with Crippen LogP contribution < -0.4 is 14.8 Å². The van der Waals surface area contributed by atoms with E-state index in [9.17, 15) is 4.79 Å². The normalized spacial score (nSPS) is 17.4. The molecule has 0 saturated carbocycles. The number of hydrogen-bond donors (Lipinski definition) is 1. The number of halogens is 1. The number of carbonyl (C=O) groups excluding carboxylic acids is 1. The fraction of sp³-hybridized carbons (Fsp3) is 0.474. The van der Waals surface area contributed by atoms with Crippen molar-refractivity contribution in [2.24, 2.45) is 0 Å². The summed E-state index contributed by atoms with van der Waals surface area (Å²) in [6.45, 7) is 4.17. The molecule has 1 saturated heterocycles. The lowest BCUT2D eigenvalue weighted by Crippen LogP contribution is -2.29. The maximum Gasteiger partial charge on any atom is 0.257 e. The first kappa shape index (κ1) is 18.5. The van der Waals surface area contributed by atoms with Gasteiger partial charge in [-0.05, 0) is 38.1 Å². The number of nitrogens with one attached hydrogen (secondary N) is 1. The molecule has 2 aliphatic heterocycles. The molecule has 1 N–H and O–H groups in total. The van der Waals surface area contributed by atoms with Crippen LogP contribution in [-0.4, -0.2) is 42.1 Å². The summed E-state index contributed by atoms with van der Waals surface area (Å²) in [7, 11) is 0. The van der Waals surface area contributed by atoms with Crippen molar-refractivity contribution >= 4 is 34.0 Å². The zero-order chi connectivity index (χ0) is 18.6. The van der Waals surface area contributed by atoms with E-state index in [1.165, 1.54) is 30.6 Å². The third-order valence-electron chi connectivity index (χ3n) is 4.67. The highest BCUT2D eigenvalue weighted by molar-refractivity contribution is 7.14. The van der Waals surface area contributed by atoms with Crippen molar-refractivity contribution in [3.05, 3.63) is 33.8 Å². The average Bonchev–Trinajstić information content (AvgIpc) is 2.96. The molecule has 144 valence electrons. The van der Waals surface area contributed by atoms with Crippen molar-refractivity contribution in [1.82, 2.24) is 9.88 Å². The second-order valence-electron chi connectivity index (χ2n) is 6.77. The lowest BCUT2D eigenvalue weighted by atomic mass is 10.1. The van der Waals surface area contributed by atoms with Gasteiger partial charge in [0, 0.05) is 23.9 Å². The fourth-order valence-corrected chi connectivity index (χ4v) is 4.28. The van der Waals surface area contributed by atoms with Gasteiger partial charge in [-0.15, -0.1) is 11.3 Å². The zero-order valence-corrected chi connectivity index (χ0v) is 16.6. The van der Waals surface area contributed by atoms with Gasteiger partial charge in [0.25, 0.3) is 5.91 Å². The highest BCUT2D eigenvalue weighted by Gasteiger charge is 2.19. The van der Waals surface area contributed by atoms with Gasteiger partial charge in [0.05, 0.1) is 23.9 Å². The molecule has 4 rings (SSSR count). The number of ether oxygens (including phenoxy) is 2. The molecule has 6 nitrogen and oxygen atoms in total. The van der Waals surface area contributed by atoms with E-state index in [1.54, 1.807) is 12.1 Å². The smallest absolute Gasteiger partial charge is 0.257 e. The van der Waals surface area contributed by atoms with Gasteiger partial charge in [0.1, 0.15) is 0 Å². The third-order valence-corrected chi connectivity index (χ3v) is 5.76. The van der Waals surface area contributed by atoms with Crippen LogP contribution in [0.25, 0.3) is 0 Å². The topological polar surface area (TPSA) is 63.7 Å². The molecule has 2 aromatic rings. The SMILES string of the molecule is O=C(Nc1nc(CN2CCCCC2)cs1)c1cc(Cl)c2c(c1)OCCCO2. The van der Waals surface area contributed by atoms with E-state index in [4.69, 9.17) is 21.1 Å². The first-order valence-electron chi connectivity index (χ1n) is 9.26. The second-order valence-corrected chi connectivity index (χ2v) is 8.04. The molecule has 3 heterocycles. The molecule has 27 heavy (non-hydrogen) atoms. The molecule has 0 aliphatic carbocycles. The Morgan fingerprint density at radius 2 is 2.00 bits per heavy atom. The van der Waals surface area contributed by atoms with E-state index in [0.717, 1.165) is 31.7 Å². The first-order chi connectivity index (χ1) is 13.2. The predicted molar refractivity (Wildman–Crippen MR) is 106 cm³/mol. The highest BCUT2D eigenvalue weighted by Crippen LogP contribution is 2.38. The van der Waals surface area contributed by atoms with Crippen LogP contribution in [0.4, 0.5) is 5.13 Å². The lowest BCUT2D eigenvalue weighted by Gasteiger charge is -2.25. The summed E-state index contributed by atoms with van der Waals surface area (Å²) >= 11 is 7.71. The number of rotatable bonds is 4. The number of carbonyl (C=O) groups is 1. The summed E-state index contributed by atoms with van der Waals surface area (Å²) in [4.78, 5) is 19.6. The molecule has 1 amide bonds. The van der Waals surface area contributed by atoms with Gasteiger partial charge in [-0.25, -0.2) is 4.98 Å². The van der Waals surface area contributed by atoms with Crippen LogP contribution in [-0.2, 0) is 6.54 Å². The van der Waals surface area contributed by atoms with E-state index in [1.807, 2.05) is 5.38 Å². The van der Waals surface area contributed by atoms with Crippen LogP contribution in [0.5, 0.6) is 11.5 Å². The fourth-order valence-electron chi connectivity index (χ4n) is 3.31. The number of hydrogen-bond acceptors (Lipinski definition) is 6. The molecule has 0 unspecified atom stereocenters. The van der Waals surface area contributed by atoms with E-state index < -0.39 is 0 Å². The van der Waals surface area contributed by atoms with E-state index in [0.29, 0.717) is 40.4 Å². The van der Waals surface area contributed by atoms with Crippen LogP contribution in [0.2, 0.25) is 5.02 Å². The standard InChI is InChI=1S/C19H22ClN3O3S/c20-15-9-13(10-16-17(15)26-8-4-7-25-16)18(24)22-19-21-14(12-27-19)11-23-5-2-1-3-6-23/h9-10,12H,1-8,11H2,(H,21,22,24). The minimum absolute atomic E-state index is 0.258. The number of piperidine rings is 1. The third kappa shape index (κ3) is 4.54. The maximum absolute atomic E-state index is 12.6. The Bertz CT molecular complexity index is 821. The van der Waals surface area contributed by atoms with Crippen LogP contribution >= 0.6 is 22.9 Å². The zero-order valence-electron chi connectivity index (χ0n) is 15.0. The average molecular weight is 408 g/mol. The molecule has 2 aliphatic rings. The Labute approximate surface area is 167 Å². The number of likely N-dealkylation sites (tertiary alicyclic amines) is 1. The van der Waals surface area contributed by atoms with Gasteiger partial charge in [0.2, 0.25) is 0 Å². The summed E-state index contributed by atoms with van der Waals surface area (Å²) in [5.41, 5.74) is 1.42. The van der Waals surface area contributed by atoms with Crippen LogP contribution in [0, 0.1) is 0 Å². The largest absolute Gasteiger partial charge is 0.489 e. The molecule has 1 aromatic carbocycles. The van der Waals surface area contributed by atoms with Gasteiger partial charge >= 0.3 is 0 Å². The number of aromatic nitrogens is 1. The summed E-state index contributed by atoms with van der Waals surface area (Å²) in [6, 6.07) is 3.27. The molecule has 0 bridgehead atoms. The van der Waals surface area contributed by atoms with Gasteiger partial charge in [-0.1, -0.05) is 18.0 Å². The van der Waals surface area contributed by atoms with Crippen molar-refractivity contribution in [2.75, 3.05) is 31.6 Å². The highest BCUT2D eigenvalue weighted by atomic mass is 35.5. The Morgan fingerprint density at radius 1 is 1.19 bits per heavy atom. The van der Waals surface area contributed by atoms with Crippen LogP contribution in [0.3, 0.4) is 0 Å². The quantitative estimate of drug-likeness (QED) is 0.823. The Balaban J connectivity index is 1.43. The number of benzene rings is 1. The van der Waals surface area contributed by atoms with Crippen molar-refractivity contribution in [2.45, 2.75) is 32.2 Å². The van der Waals surface area contributed by atoms with Crippen molar-refractivity contribution < 1.29 is 14.3 Å². The number of anilines is 1. The predicted octanol–water partition coefficient (Wildman–Crippen LogP) is 4.20. The molecular weight excluding hydrogens is 386 g/mol. The van der Waals surface area contributed by atoms with E-state index in [-0.39, 0.29) is 5.91 Å². The molecule has 1 aromatic heterocycles. The summed E-state index contributed by atoms with van der Waals surface area (Å²) < 4.78 is 11.3. The second kappa shape index (κ2) is 8.46. The van der Waals surface area contributed by atoms with Crippen LogP contribution in [0.15, 0.2) is 17.5 Å². The van der Waals surface area contributed by atoms with E-state index in [2.05, 4.69) is 15.2 Å². The number of nitrogens with zero attached hydrogens (tertiary/aromatic N) is 2. The van der Waals surface area contributed by atoms with E-state index >= 15 is 0 Å². The van der Waals surface area contributed by atoms with Gasteiger partial charge in [-0.3, -0.25) is 15.0 Å². The molecule has 8 heteroatoms. The first-order valence-corrected chi connectivity index (χ1v) is 10.5. The van der Waals surface area contributed by atoms with Gasteiger partial charge in [-0.2, -0.15) is 0 Å². The number of amides is 1. The minimum Gasteiger partial charge on any atom is -0.489 e. The number of fused-ring (bicyclic) bond motifs is 1. The molecule has 0 atom stereocenters. The van der Waals surface area contributed by atoms with Crippen molar-refractivity contribution in [3.8, 4) is 11.5 Å². The van der Waals surface area contributed by atoms with Gasteiger partial charge < -0.3 is 9.47 Å². The molecule has 1 fully saturated rings. The lowest BCUT2D eigenvalue weighted by molar-refractivity contribution is 0.102. The maximum atomic E-state index is 12.6. The van der Waals surface area contributed by atoms with Gasteiger partial charge in [0.15, 0.2) is 16.6 Å².